The van der Waals surface area contributed by atoms with Crippen LogP contribution in [-0.2, 0) is 14.3 Å². The number of ether oxygens (including phenoxy) is 1. The van der Waals surface area contributed by atoms with Gasteiger partial charge in [-0.2, -0.15) is 0 Å². The number of carbonyl (C=O) groups excluding carboxylic acids is 2. The Kier molecular flexibility index (Phi) is 6.20. The van der Waals surface area contributed by atoms with Crippen molar-refractivity contribution in [2.24, 2.45) is 0 Å². The van der Waals surface area contributed by atoms with E-state index in [2.05, 4.69) is 13.8 Å². The molecule has 2 saturated heterocycles. The van der Waals surface area contributed by atoms with Gasteiger partial charge in [0.15, 0.2) is 0 Å². The minimum Gasteiger partial charge on any atom is -0.378 e. The molecule has 2 rings (SSSR count). The van der Waals surface area contributed by atoms with Crippen LogP contribution in [0.1, 0.15) is 33.1 Å². The van der Waals surface area contributed by atoms with Gasteiger partial charge < -0.3 is 14.5 Å². The molecule has 0 spiro atoms. The number of likely N-dealkylation sites (tertiary alicyclic amines) is 1. The molecule has 2 unspecified atom stereocenters. The molecule has 0 N–H and O–H groups in total. The lowest BCUT2D eigenvalue weighted by molar-refractivity contribution is -0.140. The Hall–Kier alpha value is -1.14. The number of amides is 2. The Balaban J connectivity index is 1.81. The molecule has 2 fully saturated rings. The molecule has 2 aliphatic rings. The van der Waals surface area contributed by atoms with E-state index in [4.69, 9.17) is 4.74 Å². The first kappa shape index (κ1) is 17.2. The maximum Gasteiger partial charge on any atom is 0.237 e. The molecule has 6 heteroatoms. The molecule has 6 nitrogen and oxygen atoms in total. The number of morpholine rings is 1. The monoisotopic (exact) mass is 311 g/mol. The molecule has 0 radical (unpaired) electrons. The Morgan fingerprint density at radius 2 is 1.59 bits per heavy atom. The van der Waals surface area contributed by atoms with Gasteiger partial charge in [-0.25, -0.2) is 0 Å². The predicted octanol–water partition coefficient (Wildman–Crippen LogP) is 0.567. The van der Waals surface area contributed by atoms with Crippen molar-refractivity contribution in [2.45, 2.75) is 45.2 Å². The van der Waals surface area contributed by atoms with Crippen LogP contribution < -0.4 is 0 Å². The van der Waals surface area contributed by atoms with E-state index in [9.17, 15) is 9.59 Å². The molecule has 0 aromatic rings. The average Bonchev–Trinajstić information content (AvgIpc) is 2.47. The van der Waals surface area contributed by atoms with E-state index >= 15 is 0 Å². The molecular formula is C16H29N3O3. The van der Waals surface area contributed by atoms with Gasteiger partial charge in [0.1, 0.15) is 0 Å². The summed E-state index contributed by atoms with van der Waals surface area (Å²) in [6, 6.07) is 0.610. The SMILES string of the molecule is CC1CCCC(C)N1C(=O)CN(C)CC(=O)N1CCOCC1. The Morgan fingerprint density at radius 3 is 2.18 bits per heavy atom. The van der Waals surface area contributed by atoms with Crippen molar-refractivity contribution in [3.8, 4) is 0 Å². The quantitative estimate of drug-likeness (QED) is 0.761. The Labute approximate surface area is 133 Å². The largest absolute Gasteiger partial charge is 0.378 e. The highest BCUT2D eigenvalue weighted by Gasteiger charge is 2.29. The fraction of sp³-hybridized carbons (Fsp3) is 0.875. The smallest absolute Gasteiger partial charge is 0.237 e. The molecule has 2 heterocycles. The molecule has 0 aliphatic carbocycles. The summed E-state index contributed by atoms with van der Waals surface area (Å²) < 4.78 is 5.25. The molecule has 0 aromatic carbocycles. The van der Waals surface area contributed by atoms with Gasteiger partial charge in [0.2, 0.25) is 11.8 Å². The molecule has 2 atom stereocenters. The van der Waals surface area contributed by atoms with E-state index in [0.717, 1.165) is 12.8 Å². The summed E-state index contributed by atoms with van der Waals surface area (Å²) in [5, 5.41) is 0. The predicted molar refractivity (Wildman–Crippen MR) is 84.5 cm³/mol. The zero-order valence-electron chi connectivity index (χ0n) is 14.1. The zero-order chi connectivity index (χ0) is 16.1. The summed E-state index contributed by atoms with van der Waals surface area (Å²) in [6.45, 7) is 7.36. The summed E-state index contributed by atoms with van der Waals surface area (Å²) in [7, 11) is 1.84. The minimum absolute atomic E-state index is 0.0818. The van der Waals surface area contributed by atoms with Crippen LogP contribution >= 0.6 is 0 Å². The lowest BCUT2D eigenvalue weighted by atomic mass is 9.97. The van der Waals surface area contributed by atoms with E-state index < -0.39 is 0 Å². The summed E-state index contributed by atoms with van der Waals surface area (Å²) in [5.74, 6) is 0.218. The number of piperidine rings is 1. The van der Waals surface area contributed by atoms with Crippen LogP contribution in [0.2, 0.25) is 0 Å². The average molecular weight is 311 g/mol. The summed E-state index contributed by atoms with van der Waals surface area (Å²) in [5.41, 5.74) is 0. The molecular weight excluding hydrogens is 282 g/mol. The Bertz CT molecular complexity index is 386. The fourth-order valence-electron chi connectivity index (χ4n) is 3.42. The molecule has 2 amide bonds. The molecule has 22 heavy (non-hydrogen) atoms. The van der Waals surface area contributed by atoms with E-state index in [-0.39, 0.29) is 11.8 Å². The van der Waals surface area contributed by atoms with Crippen LogP contribution in [0, 0.1) is 0 Å². The van der Waals surface area contributed by atoms with Crippen LogP contribution in [0.3, 0.4) is 0 Å². The third kappa shape index (κ3) is 4.43. The number of nitrogens with zero attached hydrogens (tertiary/aromatic N) is 3. The van der Waals surface area contributed by atoms with Crippen molar-refractivity contribution in [3.63, 3.8) is 0 Å². The second-order valence-electron chi connectivity index (χ2n) is 6.60. The highest BCUT2D eigenvalue weighted by Crippen LogP contribution is 2.22. The normalized spacial score (nSPS) is 26.4. The van der Waals surface area contributed by atoms with E-state index in [1.54, 1.807) is 0 Å². The van der Waals surface area contributed by atoms with Gasteiger partial charge in [0.05, 0.1) is 26.3 Å². The summed E-state index contributed by atoms with van der Waals surface area (Å²) >= 11 is 0. The van der Waals surface area contributed by atoms with Crippen LogP contribution in [0.15, 0.2) is 0 Å². The third-order valence-electron chi connectivity index (χ3n) is 4.66. The molecule has 0 bridgehead atoms. The van der Waals surface area contributed by atoms with Crippen LogP contribution in [0.4, 0.5) is 0 Å². The van der Waals surface area contributed by atoms with Crippen molar-refractivity contribution in [1.29, 1.82) is 0 Å². The van der Waals surface area contributed by atoms with Crippen molar-refractivity contribution in [3.05, 3.63) is 0 Å². The number of likely N-dealkylation sites (N-methyl/N-ethyl adjacent to an activating group) is 1. The van der Waals surface area contributed by atoms with Gasteiger partial charge in [-0.05, 0) is 40.2 Å². The van der Waals surface area contributed by atoms with Crippen LogP contribution in [0.25, 0.3) is 0 Å². The first-order valence-corrected chi connectivity index (χ1v) is 8.34. The van der Waals surface area contributed by atoms with Gasteiger partial charge in [0.25, 0.3) is 0 Å². The van der Waals surface area contributed by atoms with Gasteiger partial charge in [0, 0.05) is 25.2 Å². The second-order valence-corrected chi connectivity index (χ2v) is 6.60. The molecule has 126 valence electrons. The topological polar surface area (TPSA) is 53.1 Å². The summed E-state index contributed by atoms with van der Waals surface area (Å²) in [6.07, 6.45) is 3.34. The van der Waals surface area contributed by atoms with E-state index in [1.165, 1.54) is 6.42 Å². The lowest BCUT2D eigenvalue weighted by Gasteiger charge is -2.40. The highest BCUT2D eigenvalue weighted by atomic mass is 16.5. The summed E-state index contributed by atoms with van der Waals surface area (Å²) in [4.78, 5) is 30.4. The van der Waals surface area contributed by atoms with E-state index in [0.29, 0.717) is 51.5 Å². The fourth-order valence-corrected chi connectivity index (χ4v) is 3.42. The standard InChI is InChI=1S/C16H29N3O3/c1-13-5-4-6-14(2)19(13)16(21)12-17(3)11-15(20)18-7-9-22-10-8-18/h13-14H,4-12H2,1-3H3. The molecule has 0 aromatic heterocycles. The van der Waals surface area contributed by atoms with Gasteiger partial charge in [-0.15, -0.1) is 0 Å². The van der Waals surface area contributed by atoms with Gasteiger partial charge >= 0.3 is 0 Å². The van der Waals surface area contributed by atoms with Crippen molar-refractivity contribution >= 4 is 11.8 Å². The molecule has 0 saturated carbocycles. The maximum absolute atomic E-state index is 12.5. The lowest BCUT2D eigenvalue weighted by Crippen LogP contribution is -2.52. The maximum atomic E-state index is 12.5. The number of hydrogen-bond donors (Lipinski definition) is 0. The number of hydrogen-bond acceptors (Lipinski definition) is 4. The second kappa shape index (κ2) is 7.92. The van der Waals surface area contributed by atoms with Crippen molar-refractivity contribution in [2.75, 3.05) is 46.4 Å². The van der Waals surface area contributed by atoms with Gasteiger partial charge in [-0.1, -0.05) is 0 Å². The van der Waals surface area contributed by atoms with Gasteiger partial charge in [-0.3, -0.25) is 14.5 Å². The van der Waals surface area contributed by atoms with Crippen molar-refractivity contribution in [1.82, 2.24) is 14.7 Å². The van der Waals surface area contributed by atoms with Crippen LogP contribution in [-0.4, -0.2) is 85.0 Å². The highest BCUT2D eigenvalue weighted by molar-refractivity contribution is 5.81. The first-order chi connectivity index (χ1) is 10.5. The minimum atomic E-state index is 0.0818. The number of rotatable bonds is 4. The Morgan fingerprint density at radius 1 is 1.05 bits per heavy atom. The van der Waals surface area contributed by atoms with Crippen molar-refractivity contribution < 1.29 is 14.3 Å². The first-order valence-electron chi connectivity index (χ1n) is 8.34. The van der Waals surface area contributed by atoms with Crippen LogP contribution in [0.5, 0.6) is 0 Å². The molecule has 2 aliphatic heterocycles. The number of carbonyl (C=O) groups is 2. The zero-order valence-corrected chi connectivity index (χ0v) is 14.1. The van der Waals surface area contributed by atoms with E-state index in [1.807, 2.05) is 21.7 Å². The third-order valence-corrected chi connectivity index (χ3v) is 4.66.